The summed E-state index contributed by atoms with van der Waals surface area (Å²) in [6, 6.07) is 5.92. The molecule has 0 bridgehead atoms. The number of H-pyrrole nitrogens is 1. The van der Waals surface area contributed by atoms with Gasteiger partial charge in [-0.1, -0.05) is 11.6 Å². The van der Waals surface area contributed by atoms with Crippen molar-refractivity contribution in [3.8, 4) is 23.1 Å². The molecule has 13 heteroatoms. The van der Waals surface area contributed by atoms with Crippen molar-refractivity contribution in [3.63, 3.8) is 0 Å². The minimum Gasteiger partial charge on any atom is -0.483 e. The lowest BCUT2D eigenvalue weighted by atomic mass is 10.0. The first kappa shape index (κ1) is 22.8. The number of rotatable bonds is 5. The lowest BCUT2D eigenvalue weighted by Gasteiger charge is -2.15. The number of hydrogen-bond donors (Lipinski definition) is 3. The highest BCUT2D eigenvalue weighted by atomic mass is 35.5. The smallest absolute Gasteiger partial charge is 0.422 e. The predicted molar refractivity (Wildman–Crippen MR) is 107 cm³/mol. The summed E-state index contributed by atoms with van der Waals surface area (Å²) in [5.41, 5.74) is 5.23. The highest BCUT2D eigenvalue weighted by molar-refractivity contribution is 6.33. The molecule has 0 atom stereocenters. The fourth-order valence-electron chi connectivity index (χ4n) is 2.65. The molecule has 0 spiro atoms. The van der Waals surface area contributed by atoms with Crippen LogP contribution in [0.4, 0.5) is 29.1 Å². The molecule has 0 aliphatic carbocycles. The van der Waals surface area contributed by atoms with E-state index in [0.29, 0.717) is 11.8 Å². The van der Waals surface area contributed by atoms with E-state index in [1.807, 2.05) is 0 Å². The van der Waals surface area contributed by atoms with Gasteiger partial charge in [0, 0.05) is 5.56 Å². The van der Waals surface area contributed by atoms with E-state index in [4.69, 9.17) is 27.3 Å². The van der Waals surface area contributed by atoms with Crippen LogP contribution in [-0.2, 0) is 0 Å². The lowest BCUT2D eigenvalue weighted by molar-refractivity contribution is -0.153. The highest BCUT2D eigenvalue weighted by Gasteiger charge is 2.30. The number of alkyl halides is 3. The van der Waals surface area contributed by atoms with Crippen LogP contribution in [0.1, 0.15) is 21.6 Å². The van der Waals surface area contributed by atoms with Gasteiger partial charge in [-0.25, -0.2) is 9.37 Å². The van der Waals surface area contributed by atoms with E-state index in [1.165, 1.54) is 12.1 Å². The second-order valence-corrected chi connectivity index (χ2v) is 6.80. The molecule has 1 amide bonds. The van der Waals surface area contributed by atoms with Gasteiger partial charge in [0.15, 0.2) is 11.8 Å². The maximum absolute atomic E-state index is 14.9. The van der Waals surface area contributed by atoms with Gasteiger partial charge in [0.25, 0.3) is 5.91 Å². The number of nitrogens with zero attached hydrogens (tertiary/aromatic N) is 3. The minimum atomic E-state index is -4.72. The Hall–Kier alpha value is -3.85. The molecule has 0 unspecified atom stereocenters. The Balaban J connectivity index is 2.06. The molecule has 0 saturated heterocycles. The van der Waals surface area contributed by atoms with Crippen molar-refractivity contribution >= 4 is 29.0 Å². The SMILES string of the molecule is Cc1[nH]nc(Cl)c1NC(=O)c1cc(F)c(-c2ccc(C#N)c(N)n2)cc1OCC(F)(F)F. The molecule has 32 heavy (non-hydrogen) atoms. The molecule has 0 radical (unpaired) electrons. The van der Waals surface area contributed by atoms with Crippen LogP contribution in [0, 0.1) is 24.1 Å². The molecule has 2 heterocycles. The highest BCUT2D eigenvalue weighted by Crippen LogP contribution is 2.33. The van der Waals surface area contributed by atoms with E-state index in [0.717, 1.165) is 6.07 Å². The number of pyridine rings is 1. The molecular weight excluding hydrogens is 456 g/mol. The van der Waals surface area contributed by atoms with Crippen molar-refractivity contribution < 1.29 is 27.1 Å². The lowest BCUT2D eigenvalue weighted by Crippen LogP contribution is -2.21. The van der Waals surface area contributed by atoms with Crippen molar-refractivity contribution in [2.75, 3.05) is 17.7 Å². The number of ether oxygens (including phenoxy) is 1. The molecule has 4 N–H and O–H groups in total. The summed E-state index contributed by atoms with van der Waals surface area (Å²) in [6.07, 6.45) is -4.72. The van der Waals surface area contributed by atoms with Gasteiger partial charge >= 0.3 is 6.18 Å². The van der Waals surface area contributed by atoms with Crippen molar-refractivity contribution in [2.45, 2.75) is 13.1 Å². The maximum Gasteiger partial charge on any atom is 0.422 e. The third-order valence-corrected chi connectivity index (χ3v) is 4.44. The summed E-state index contributed by atoms with van der Waals surface area (Å²) in [5, 5.41) is 17.4. The van der Waals surface area contributed by atoms with Gasteiger partial charge in [-0.15, -0.1) is 0 Å². The Kier molecular flexibility index (Phi) is 6.22. The zero-order valence-electron chi connectivity index (χ0n) is 16.1. The van der Waals surface area contributed by atoms with E-state index in [2.05, 4.69) is 20.5 Å². The van der Waals surface area contributed by atoms with Crippen molar-refractivity contribution in [1.29, 1.82) is 5.26 Å². The quantitative estimate of drug-likeness (QED) is 0.481. The largest absolute Gasteiger partial charge is 0.483 e. The molecule has 3 rings (SSSR count). The number of benzene rings is 1. The van der Waals surface area contributed by atoms with Crippen LogP contribution in [0.15, 0.2) is 24.3 Å². The van der Waals surface area contributed by atoms with E-state index in [1.54, 1.807) is 13.0 Å². The van der Waals surface area contributed by atoms with Crippen molar-refractivity contribution in [1.82, 2.24) is 15.2 Å². The first-order valence-electron chi connectivity index (χ1n) is 8.72. The van der Waals surface area contributed by atoms with Gasteiger partial charge in [0.2, 0.25) is 0 Å². The summed E-state index contributed by atoms with van der Waals surface area (Å²) in [4.78, 5) is 16.6. The van der Waals surface area contributed by atoms with Crippen LogP contribution in [0.3, 0.4) is 0 Å². The van der Waals surface area contributed by atoms with Crippen molar-refractivity contribution in [3.05, 3.63) is 52.1 Å². The topological polar surface area (TPSA) is 130 Å². The number of carbonyl (C=O) groups excluding carboxylic acids is 1. The number of aromatic amines is 1. The van der Waals surface area contributed by atoms with Gasteiger partial charge in [-0.3, -0.25) is 9.89 Å². The molecule has 0 aliphatic rings. The molecule has 166 valence electrons. The number of nitrogens with two attached hydrogens (primary N) is 1. The Morgan fingerprint density at radius 3 is 2.66 bits per heavy atom. The van der Waals surface area contributed by atoms with E-state index < -0.39 is 35.8 Å². The normalized spacial score (nSPS) is 11.2. The Morgan fingerprint density at radius 2 is 2.09 bits per heavy atom. The van der Waals surface area contributed by atoms with Crippen LogP contribution in [0.5, 0.6) is 5.75 Å². The average molecular weight is 469 g/mol. The molecule has 8 nitrogen and oxygen atoms in total. The number of anilines is 2. The van der Waals surface area contributed by atoms with Crippen LogP contribution in [0.2, 0.25) is 5.15 Å². The number of nitrogens with one attached hydrogen (secondary N) is 2. The second-order valence-electron chi connectivity index (χ2n) is 6.44. The van der Waals surface area contributed by atoms with Gasteiger partial charge in [-0.05, 0) is 31.2 Å². The number of hydrogen-bond acceptors (Lipinski definition) is 6. The zero-order valence-corrected chi connectivity index (χ0v) is 16.9. The first-order chi connectivity index (χ1) is 15.0. The zero-order chi connectivity index (χ0) is 23.6. The summed E-state index contributed by atoms with van der Waals surface area (Å²) in [7, 11) is 0. The fraction of sp³-hybridized carbons (Fsp3) is 0.158. The van der Waals surface area contributed by atoms with E-state index >= 15 is 0 Å². The third kappa shape index (κ3) is 4.89. The van der Waals surface area contributed by atoms with Crippen LogP contribution in [-0.4, -0.2) is 33.9 Å². The summed E-state index contributed by atoms with van der Waals surface area (Å²) >= 11 is 5.86. The second kappa shape index (κ2) is 8.72. The number of aromatic nitrogens is 3. The minimum absolute atomic E-state index is 0.0334. The average Bonchev–Trinajstić information content (AvgIpc) is 3.03. The standard InChI is InChI=1S/C19H13ClF4N6O2/c1-8-15(16(20)30-29-8)28-18(31)11-4-12(21)10(5-14(11)32-7-19(22,23)24)13-3-2-9(6-25)17(26)27-13/h2-5H,7H2,1H3,(H2,26,27)(H,28,31)(H,29,30). The van der Waals surface area contributed by atoms with E-state index in [-0.39, 0.29) is 33.5 Å². The summed E-state index contributed by atoms with van der Waals surface area (Å²) < 4.78 is 57.8. The van der Waals surface area contributed by atoms with Crippen LogP contribution in [0.25, 0.3) is 11.3 Å². The Morgan fingerprint density at radius 1 is 1.38 bits per heavy atom. The molecule has 0 saturated carbocycles. The third-order valence-electron chi connectivity index (χ3n) is 4.17. The van der Waals surface area contributed by atoms with E-state index in [9.17, 15) is 22.4 Å². The molecular formula is C19H13ClF4N6O2. The van der Waals surface area contributed by atoms with Gasteiger partial charge in [0.05, 0.1) is 22.5 Å². The number of nitrogen functional groups attached to an aromatic ring is 1. The number of halogens is 5. The first-order valence-corrected chi connectivity index (χ1v) is 9.10. The molecule has 1 aromatic carbocycles. The maximum atomic E-state index is 14.9. The fourth-order valence-corrected chi connectivity index (χ4v) is 2.88. The van der Waals surface area contributed by atoms with Gasteiger partial charge < -0.3 is 15.8 Å². The van der Waals surface area contributed by atoms with Crippen LogP contribution < -0.4 is 15.8 Å². The van der Waals surface area contributed by atoms with Gasteiger partial charge in [-0.2, -0.15) is 23.5 Å². The molecule has 2 aromatic heterocycles. The Bertz CT molecular complexity index is 1220. The summed E-state index contributed by atoms with van der Waals surface area (Å²) in [5.74, 6) is -2.72. The van der Waals surface area contributed by atoms with Crippen LogP contribution >= 0.6 is 11.6 Å². The predicted octanol–water partition coefficient (Wildman–Crippen LogP) is 4.22. The Labute approximate surface area is 183 Å². The number of carbonyl (C=O) groups is 1. The van der Waals surface area contributed by atoms with Crippen molar-refractivity contribution in [2.24, 2.45) is 0 Å². The summed E-state index contributed by atoms with van der Waals surface area (Å²) in [6.45, 7) is -0.188. The molecule has 0 fully saturated rings. The number of amides is 1. The molecule has 0 aliphatic heterocycles. The number of aryl methyl sites for hydroxylation is 1. The monoisotopic (exact) mass is 468 g/mol. The number of nitriles is 1. The van der Waals surface area contributed by atoms with Gasteiger partial charge in [0.1, 0.15) is 29.1 Å². The molecule has 3 aromatic rings.